The number of hydrazine groups is 1. The highest BCUT2D eigenvalue weighted by atomic mass is 15.5. The first-order valence-electron chi connectivity index (χ1n) is 7.42. The van der Waals surface area contributed by atoms with Gasteiger partial charge in [-0.2, -0.15) is 0 Å². The average molecular weight is 303 g/mol. The fraction of sp³-hybridized carbons (Fsp3) is 0.0526. The highest BCUT2D eigenvalue weighted by molar-refractivity contribution is 5.84. The van der Waals surface area contributed by atoms with Gasteiger partial charge in [-0.1, -0.05) is 59.3 Å². The van der Waals surface area contributed by atoms with Crippen molar-refractivity contribution in [3.05, 3.63) is 78.4 Å². The fourth-order valence-electron chi connectivity index (χ4n) is 2.34. The Labute approximate surface area is 135 Å². The summed E-state index contributed by atoms with van der Waals surface area (Å²) in [5, 5.41) is 2.34. The molecule has 0 fully saturated rings. The van der Waals surface area contributed by atoms with Crippen LogP contribution in [0.4, 0.5) is 5.69 Å². The third kappa shape index (κ3) is 3.74. The maximum absolute atomic E-state index is 5.93. The first-order chi connectivity index (χ1) is 11.2. The van der Waals surface area contributed by atoms with E-state index >= 15 is 0 Å². The Balaban J connectivity index is 1.69. The third-order valence-electron chi connectivity index (χ3n) is 3.57. The van der Waals surface area contributed by atoms with Gasteiger partial charge in [0.1, 0.15) is 0 Å². The van der Waals surface area contributed by atoms with Crippen LogP contribution >= 0.6 is 0 Å². The molecule has 4 nitrogen and oxygen atoms in total. The van der Waals surface area contributed by atoms with Crippen LogP contribution in [0.25, 0.3) is 10.8 Å². The van der Waals surface area contributed by atoms with Crippen LogP contribution in [0, 0.1) is 0 Å². The van der Waals surface area contributed by atoms with E-state index in [1.54, 1.807) is 4.68 Å². The van der Waals surface area contributed by atoms with Gasteiger partial charge in [0.25, 0.3) is 0 Å². The number of hydrazone groups is 1. The number of rotatable bonds is 4. The van der Waals surface area contributed by atoms with Crippen LogP contribution < -0.4 is 11.2 Å². The Morgan fingerprint density at radius 1 is 0.957 bits per heavy atom. The Bertz CT molecular complexity index is 853. The van der Waals surface area contributed by atoms with Crippen LogP contribution in [0.15, 0.2) is 77.8 Å². The van der Waals surface area contributed by atoms with Gasteiger partial charge in [0.2, 0.25) is 11.6 Å². The van der Waals surface area contributed by atoms with E-state index in [4.69, 9.17) is 5.73 Å². The maximum atomic E-state index is 5.93. The van der Waals surface area contributed by atoms with E-state index in [-0.39, 0.29) is 0 Å². The molecule has 0 aliphatic rings. The van der Waals surface area contributed by atoms with Crippen molar-refractivity contribution >= 4 is 29.1 Å². The lowest BCUT2D eigenvalue weighted by molar-refractivity contribution is -0.478. The predicted octanol–water partition coefficient (Wildman–Crippen LogP) is 3.20. The number of aliphatic imine (C=N–C) groups is 1. The fourth-order valence-corrected chi connectivity index (χ4v) is 2.34. The van der Waals surface area contributed by atoms with E-state index in [1.165, 1.54) is 5.39 Å². The molecule has 0 bridgehead atoms. The van der Waals surface area contributed by atoms with Crippen LogP contribution in [0.2, 0.25) is 0 Å². The first-order valence-corrected chi connectivity index (χ1v) is 7.42. The summed E-state index contributed by atoms with van der Waals surface area (Å²) < 4.78 is 1.62. The van der Waals surface area contributed by atoms with E-state index in [9.17, 15) is 0 Å². The summed E-state index contributed by atoms with van der Waals surface area (Å²) >= 11 is 0. The van der Waals surface area contributed by atoms with E-state index in [0.29, 0.717) is 12.5 Å². The van der Waals surface area contributed by atoms with Crippen molar-refractivity contribution in [1.29, 1.82) is 0 Å². The van der Waals surface area contributed by atoms with Crippen molar-refractivity contribution in [1.82, 2.24) is 5.43 Å². The largest absolute Gasteiger partial charge is 0.366 e. The summed E-state index contributed by atoms with van der Waals surface area (Å²) in [5.41, 5.74) is 10.9. The Kier molecular flexibility index (Phi) is 4.34. The van der Waals surface area contributed by atoms with Gasteiger partial charge in [-0.15, -0.1) is 5.43 Å². The molecule has 0 heterocycles. The molecule has 0 amide bonds. The van der Waals surface area contributed by atoms with Crippen molar-refractivity contribution in [2.24, 2.45) is 10.7 Å². The van der Waals surface area contributed by atoms with Gasteiger partial charge >= 0.3 is 0 Å². The lowest BCUT2D eigenvalue weighted by Gasteiger charge is -2.04. The van der Waals surface area contributed by atoms with Gasteiger partial charge < -0.3 is 5.73 Å². The zero-order valence-electron chi connectivity index (χ0n) is 12.8. The molecular weight excluding hydrogens is 284 g/mol. The minimum atomic E-state index is 0.331. The summed E-state index contributed by atoms with van der Waals surface area (Å²) in [6, 6.07) is 24.3. The lowest BCUT2D eigenvalue weighted by Crippen LogP contribution is -2.37. The van der Waals surface area contributed by atoms with E-state index in [1.807, 2.05) is 48.5 Å². The lowest BCUT2D eigenvalue weighted by atomic mass is 10.1. The number of hydrogen-bond acceptors (Lipinski definition) is 1. The minimum absolute atomic E-state index is 0.331. The number of benzene rings is 3. The molecule has 114 valence electrons. The highest BCUT2D eigenvalue weighted by Crippen LogP contribution is 2.19. The topological polar surface area (TPSA) is 53.4 Å². The Morgan fingerprint density at radius 2 is 1.65 bits per heavy atom. The molecule has 0 radical (unpaired) electrons. The molecular formula is C19H19N4+. The minimum Gasteiger partial charge on any atom is -0.366 e. The van der Waals surface area contributed by atoms with Crippen molar-refractivity contribution < 1.29 is 4.68 Å². The van der Waals surface area contributed by atoms with Crippen molar-refractivity contribution in [2.75, 3.05) is 0 Å². The van der Waals surface area contributed by atoms with Gasteiger partial charge in [-0.05, 0) is 22.4 Å². The number of hydrogen-bond donors (Lipinski definition) is 2. The second kappa shape index (κ2) is 6.75. The van der Waals surface area contributed by atoms with Crippen LogP contribution in [0.1, 0.15) is 5.56 Å². The van der Waals surface area contributed by atoms with Crippen LogP contribution in [-0.2, 0) is 6.54 Å². The molecule has 0 spiro atoms. The molecule has 0 aliphatic heterocycles. The number of fused-ring (bicyclic) bond motifs is 1. The van der Waals surface area contributed by atoms with Crippen molar-refractivity contribution in [2.45, 2.75) is 6.54 Å². The second-order valence-electron chi connectivity index (χ2n) is 5.26. The molecule has 3 N–H and O–H groups in total. The van der Waals surface area contributed by atoms with Gasteiger partial charge in [0.15, 0.2) is 6.72 Å². The molecule has 4 heteroatoms. The molecule has 0 saturated heterocycles. The normalized spacial score (nSPS) is 11.4. The van der Waals surface area contributed by atoms with Crippen molar-refractivity contribution in [3.8, 4) is 0 Å². The molecule has 23 heavy (non-hydrogen) atoms. The Morgan fingerprint density at radius 3 is 2.43 bits per heavy atom. The average Bonchev–Trinajstić information content (AvgIpc) is 2.60. The predicted molar refractivity (Wildman–Crippen MR) is 95.9 cm³/mol. The first kappa shape index (κ1) is 14.8. The number of nitrogens with one attached hydrogen (secondary N) is 1. The quantitative estimate of drug-likeness (QED) is 0.336. The van der Waals surface area contributed by atoms with E-state index in [0.717, 1.165) is 16.6 Å². The molecule has 0 aromatic heterocycles. The smallest absolute Gasteiger partial charge is 0.246 e. The molecule has 0 unspecified atom stereocenters. The second-order valence-corrected chi connectivity index (χ2v) is 5.26. The number of nitrogens with two attached hydrogens (primary N) is 1. The van der Waals surface area contributed by atoms with Gasteiger partial charge in [0, 0.05) is 12.1 Å². The zero-order chi connectivity index (χ0) is 16.1. The number of guanidine groups is 1. The van der Waals surface area contributed by atoms with Crippen LogP contribution in [-0.4, -0.2) is 17.4 Å². The summed E-state index contributed by atoms with van der Waals surface area (Å²) in [6.07, 6.45) is 0. The summed E-state index contributed by atoms with van der Waals surface area (Å²) in [5.74, 6) is 0.331. The van der Waals surface area contributed by atoms with Gasteiger partial charge in [-0.3, -0.25) is 0 Å². The van der Waals surface area contributed by atoms with E-state index < -0.39 is 0 Å². The summed E-state index contributed by atoms with van der Waals surface area (Å²) in [4.78, 5) is 4.32. The standard InChI is InChI=1S/C19H19N4/c1-23(18-12-11-16-9-5-6-10-17(16)13-18)22-19(20)21-14-15-7-3-2-4-8-15/h2-13H,1,14H2,(H3,20,21,22)/q+1. The highest BCUT2D eigenvalue weighted by Gasteiger charge is 2.08. The maximum Gasteiger partial charge on any atom is 0.246 e. The third-order valence-corrected chi connectivity index (χ3v) is 3.57. The number of nitrogens with zero attached hydrogens (tertiary/aromatic N) is 2. The van der Waals surface area contributed by atoms with Crippen LogP contribution in [0.3, 0.4) is 0 Å². The molecule has 0 saturated carbocycles. The van der Waals surface area contributed by atoms with Gasteiger partial charge in [0.05, 0.1) is 6.54 Å². The Hall–Kier alpha value is -3.14. The molecule has 3 aromatic rings. The van der Waals surface area contributed by atoms with Gasteiger partial charge in [-0.25, -0.2) is 4.99 Å². The zero-order valence-corrected chi connectivity index (χ0v) is 12.8. The molecule has 0 atom stereocenters. The van der Waals surface area contributed by atoms with Crippen molar-refractivity contribution in [3.63, 3.8) is 0 Å². The monoisotopic (exact) mass is 303 g/mol. The van der Waals surface area contributed by atoms with Crippen LogP contribution in [0.5, 0.6) is 0 Å². The SMILES string of the molecule is C=[N+](NC(N)=NCc1ccccc1)c1ccc2ccccc2c1. The summed E-state index contributed by atoms with van der Waals surface area (Å²) in [7, 11) is 0. The summed E-state index contributed by atoms with van der Waals surface area (Å²) in [6.45, 7) is 4.50. The van der Waals surface area contributed by atoms with E-state index in [2.05, 4.69) is 41.4 Å². The molecule has 3 aromatic carbocycles. The molecule has 3 rings (SSSR count). The molecule has 0 aliphatic carbocycles.